The Hall–Kier alpha value is -1.48. The Labute approximate surface area is 187 Å². The molecular formula is C23H32N2O5S. The second-order valence-corrected chi connectivity index (χ2v) is 10.5. The molecule has 2 aliphatic carbocycles. The first kappa shape index (κ1) is 21.4. The predicted octanol–water partition coefficient (Wildman–Crippen LogP) is 1.99. The van der Waals surface area contributed by atoms with E-state index < -0.39 is 17.6 Å². The lowest BCUT2D eigenvalue weighted by Gasteiger charge is -2.65. The van der Waals surface area contributed by atoms with Gasteiger partial charge in [0, 0.05) is 24.8 Å². The first-order chi connectivity index (χ1) is 14.9. The van der Waals surface area contributed by atoms with Crippen molar-refractivity contribution in [3.8, 4) is 11.5 Å². The van der Waals surface area contributed by atoms with Crippen LogP contribution in [0.15, 0.2) is 12.1 Å². The topological polar surface area (TPSA) is 91.3 Å². The van der Waals surface area contributed by atoms with Crippen LogP contribution in [0, 0.1) is 0 Å². The zero-order chi connectivity index (χ0) is 22.0. The minimum absolute atomic E-state index is 0.118. The maximum Gasteiger partial charge on any atom is 0.320 e. The number of hydrogen-bond acceptors (Lipinski definition) is 7. The molecule has 6 atom stereocenters. The minimum Gasteiger partial charge on any atom is -0.504 e. The van der Waals surface area contributed by atoms with Gasteiger partial charge in [0.15, 0.2) is 11.5 Å². The standard InChI is InChI=1S/C23H32N2O5S/c1-25-10-9-22-18-13-4-5-16(26)19(18)30-20(22)14(24-15(21(27)28)7-11-31-3)6-8-23(22,29-2)17(25)12-13/h4-5,14-15,17,20,24,26H,6-12H2,1-3H3,(H,27,28)/t14-,15-,17?,20-,22-,23+/m0/s1. The number of piperidine rings is 1. The molecule has 7 nitrogen and oxygen atoms in total. The third-order valence-electron chi connectivity index (χ3n) is 8.38. The van der Waals surface area contributed by atoms with Crippen molar-refractivity contribution in [2.24, 2.45) is 0 Å². The van der Waals surface area contributed by atoms with Crippen molar-refractivity contribution < 1.29 is 24.5 Å². The molecule has 170 valence electrons. The summed E-state index contributed by atoms with van der Waals surface area (Å²) in [6, 6.07) is 3.26. The summed E-state index contributed by atoms with van der Waals surface area (Å²) in [4.78, 5) is 14.4. The van der Waals surface area contributed by atoms with Gasteiger partial charge in [-0.2, -0.15) is 11.8 Å². The molecule has 2 heterocycles. The molecule has 0 amide bonds. The Morgan fingerprint density at radius 1 is 1.45 bits per heavy atom. The van der Waals surface area contributed by atoms with Crippen molar-refractivity contribution in [3.05, 3.63) is 23.3 Å². The highest BCUT2D eigenvalue weighted by Crippen LogP contribution is 2.66. The number of likely N-dealkylation sites (tertiary alicyclic amines) is 1. The number of carboxylic acid groups (broad SMARTS) is 1. The average molecular weight is 449 g/mol. The van der Waals surface area contributed by atoms with E-state index in [0.717, 1.165) is 43.5 Å². The summed E-state index contributed by atoms with van der Waals surface area (Å²) in [5.74, 6) is 0.712. The predicted molar refractivity (Wildman–Crippen MR) is 119 cm³/mol. The molecule has 2 fully saturated rings. The van der Waals surface area contributed by atoms with Crippen LogP contribution in [0.1, 0.15) is 36.8 Å². The van der Waals surface area contributed by atoms with E-state index >= 15 is 0 Å². The molecule has 1 spiro atoms. The van der Waals surface area contributed by atoms with Gasteiger partial charge in [0.2, 0.25) is 0 Å². The molecule has 1 aromatic carbocycles. The second kappa shape index (κ2) is 7.54. The molecule has 2 aliphatic heterocycles. The minimum atomic E-state index is -0.820. The van der Waals surface area contributed by atoms with E-state index in [9.17, 15) is 15.0 Å². The fraction of sp³-hybridized carbons (Fsp3) is 0.696. The monoisotopic (exact) mass is 448 g/mol. The number of ether oxygens (including phenoxy) is 2. The number of nitrogens with one attached hydrogen (secondary N) is 1. The van der Waals surface area contributed by atoms with Crippen LogP contribution in [-0.4, -0.2) is 83.6 Å². The summed E-state index contributed by atoms with van der Waals surface area (Å²) in [6.07, 6.45) is 5.63. The molecule has 0 aromatic heterocycles. The highest BCUT2D eigenvalue weighted by atomic mass is 32.2. The number of thioether (sulfide) groups is 1. The summed E-state index contributed by atoms with van der Waals surface area (Å²) in [6.45, 7) is 0.922. The lowest BCUT2D eigenvalue weighted by Crippen LogP contribution is -2.78. The van der Waals surface area contributed by atoms with Gasteiger partial charge in [0.05, 0.1) is 11.0 Å². The normalized spacial score (nSPS) is 36.5. The smallest absolute Gasteiger partial charge is 0.320 e. The Morgan fingerprint density at radius 3 is 2.97 bits per heavy atom. The summed E-state index contributed by atoms with van der Waals surface area (Å²) in [7, 11) is 3.98. The molecule has 1 aromatic rings. The largest absolute Gasteiger partial charge is 0.504 e. The Kier molecular flexibility index (Phi) is 5.20. The van der Waals surface area contributed by atoms with E-state index in [2.05, 4.69) is 17.3 Å². The summed E-state index contributed by atoms with van der Waals surface area (Å²) in [5, 5.41) is 24.0. The van der Waals surface area contributed by atoms with Crippen molar-refractivity contribution in [1.82, 2.24) is 10.2 Å². The Balaban J connectivity index is 1.61. The molecule has 1 saturated heterocycles. The maximum atomic E-state index is 12.0. The van der Waals surface area contributed by atoms with Gasteiger partial charge in [0.25, 0.3) is 0 Å². The van der Waals surface area contributed by atoms with Gasteiger partial charge < -0.3 is 24.6 Å². The number of phenols is 1. The number of nitrogens with zero attached hydrogens (tertiary/aromatic N) is 1. The van der Waals surface area contributed by atoms with Crippen molar-refractivity contribution in [2.45, 2.75) is 67.3 Å². The van der Waals surface area contributed by atoms with E-state index in [-0.39, 0.29) is 29.4 Å². The van der Waals surface area contributed by atoms with Crippen molar-refractivity contribution >= 4 is 17.7 Å². The van der Waals surface area contributed by atoms with Crippen LogP contribution in [-0.2, 0) is 21.4 Å². The van der Waals surface area contributed by atoms with Crippen molar-refractivity contribution in [3.63, 3.8) is 0 Å². The molecule has 31 heavy (non-hydrogen) atoms. The third-order valence-corrected chi connectivity index (χ3v) is 9.02. The number of phenolic OH excluding ortho intramolecular Hbond substituents is 1. The second-order valence-electron chi connectivity index (χ2n) is 9.49. The van der Waals surface area contributed by atoms with Crippen LogP contribution < -0.4 is 10.1 Å². The highest BCUT2D eigenvalue weighted by molar-refractivity contribution is 7.98. The number of likely N-dealkylation sites (N-methyl/N-ethyl adjacent to an activating group) is 1. The van der Waals surface area contributed by atoms with E-state index in [1.54, 1.807) is 17.8 Å². The quantitative estimate of drug-likeness (QED) is 0.584. The number of carbonyl (C=O) groups is 1. The van der Waals surface area contributed by atoms with Gasteiger partial charge in [-0.05, 0) is 69.3 Å². The summed E-state index contributed by atoms with van der Waals surface area (Å²) < 4.78 is 13.0. The fourth-order valence-corrected chi connectivity index (χ4v) is 7.55. The van der Waals surface area contributed by atoms with E-state index in [1.807, 2.05) is 19.4 Å². The average Bonchev–Trinajstić information content (AvgIpc) is 3.11. The van der Waals surface area contributed by atoms with Gasteiger partial charge in [0.1, 0.15) is 12.1 Å². The molecule has 4 aliphatic rings. The van der Waals surface area contributed by atoms with Gasteiger partial charge in [-0.25, -0.2) is 0 Å². The van der Waals surface area contributed by atoms with E-state index in [0.29, 0.717) is 12.2 Å². The maximum absolute atomic E-state index is 12.0. The van der Waals surface area contributed by atoms with E-state index in [1.165, 1.54) is 5.56 Å². The summed E-state index contributed by atoms with van der Waals surface area (Å²) in [5.41, 5.74) is 1.52. The van der Waals surface area contributed by atoms with Crippen LogP contribution in [0.25, 0.3) is 0 Å². The molecule has 8 heteroatoms. The first-order valence-electron chi connectivity index (χ1n) is 11.1. The third kappa shape index (κ3) is 2.74. The molecule has 2 bridgehead atoms. The lowest BCUT2D eigenvalue weighted by molar-refractivity contribution is -0.204. The van der Waals surface area contributed by atoms with Gasteiger partial charge in [-0.3, -0.25) is 10.1 Å². The number of benzene rings is 1. The molecule has 1 saturated carbocycles. The molecule has 0 radical (unpaired) electrons. The zero-order valence-electron chi connectivity index (χ0n) is 18.4. The first-order valence-corrected chi connectivity index (χ1v) is 12.5. The Morgan fingerprint density at radius 2 is 2.26 bits per heavy atom. The summed E-state index contributed by atoms with van der Waals surface area (Å²) >= 11 is 1.66. The highest BCUT2D eigenvalue weighted by Gasteiger charge is 2.73. The van der Waals surface area contributed by atoms with E-state index in [4.69, 9.17) is 9.47 Å². The lowest BCUT2D eigenvalue weighted by atomic mass is 9.48. The van der Waals surface area contributed by atoms with Crippen LogP contribution >= 0.6 is 11.8 Å². The SMILES string of the molecule is CO[C@@]12CC[C@H](N[C@@H](CCSC)C(=O)O)[C@@H]3Oc4c(O)ccc5c4[C@@]31CCN(C)C2C5. The van der Waals surface area contributed by atoms with Crippen molar-refractivity contribution in [1.29, 1.82) is 0 Å². The van der Waals surface area contributed by atoms with Gasteiger partial charge in [-0.15, -0.1) is 0 Å². The molecule has 5 rings (SSSR count). The van der Waals surface area contributed by atoms with Gasteiger partial charge in [-0.1, -0.05) is 6.07 Å². The van der Waals surface area contributed by atoms with Crippen LogP contribution in [0.5, 0.6) is 11.5 Å². The number of carboxylic acids is 1. The van der Waals surface area contributed by atoms with Gasteiger partial charge >= 0.3 is 5.97 Å². The zero-order valence-corrected chi connectivity index (χ0v) is 19.2. The molecule has 1 unspecified atom stereocenters. The Bertz CT molecular complexity index is 897. The number of aromatic hydroxyl groups is 1. The number of aliphatic carboxylic acids is 1. The van der Waals surface area contributed by atoms with Crippen LogP contribution in [0.2, 0.25) is 0 Å². The molecular weight excluding hydrogens is 416 g/mol. The van der Waals surface area contributed by atoms with Crippen LogP contribution in [0.3, 0.4) is 0 Å². The number of hydrogen-bond donors (Lipinski definition) is 3. The van der Waals surface area contributed by atoms with Crippen molar-refractivity contribution in [2.75, 3.05) is 32.7 Å². The number of rotatable bonds is 7. The van der Waals surface area contributed by atoms with Crippen LogP contribution in [0.4, 0.5) is 0 Å². The molecule has 3 N–H and O–H groups in total. The fourth-order valence-electron chi connectivity index (χ4n) is 7.08. The number of methoxy groups -OCH3 is 1.